The normalized spacial score (nSPS) is 16.4. The van der Waals surface area contributed by atoms with Crippen molar-refractivity contribution < 1.29 is 19.4 Å². The average molecular weight is 537 g/mol. The first-order valence-corrected chi connectivity index (χ1v) is 14.4. The molecule has 3 aromatic carbocycles. The molecular weight excluding hydrogens is 500 g/mol. The first kappa shape index (κ1) is 26.3. The van der Waals surface area contributed by atoms with E-state index in [-0.39, 0.29) is 18.0 Å². The number of amides is 1. The third-order valence-electron chi connectivity index (χ3n) is 8.56. The van der Waals surface area contributed by atoms with Crippen molar-refractivity contribution in [3.63, 3.8) is 0 Å². The number of carboxylic acid groups (broad SMARTS) is 1. The van der Waals surface area contributed by atoms with E-state index in [1.807, 2.05) is 11.0 Å². The Bertz CT molecular complexity index is 1520. The maximum absolute atomic E-state index is 13.6. The van der Waals surface area contributed by atoms with Gasteiger partial charge < -0.3 is 19.3 Å². The second-order valence-corrected chi connectivity index (χ2v) is 11.2. The Balaban J connectivity index is 1.52. The Kier molecular flexibility index (Phi) is 7.44. The maximum atomic E-state index is 13.6. The molecule has 40 heavy (non-hydrogen) atoms. The smallest absolute Gasteiger partial charge is 0.335 e. The van der Waals surface area contributed by atoms with Gasteiger partial charge in [0.15, 0.2) is 0 Å². The number of morpholine rings is 1. The zero-order valence-electron chi connectivity index (χ0n) is 23.1. The Morgan fingerprint density at radius 1 is 0.850 bits per heavy atom. The number of rotatable bonds is 6. The van der Waals surface area contributed by atoms with Crippen LogP contribution >= 0.6 is 0 Å². The molecule has 2 fully saturated rings. The molecule has 0 spiro atoms. The first-order chi connectivity index (χ1) is 19.5. The number of aromatic nitrogens is 1. The molecule has 1 amide bonds. The summed E-state index contributed by atoms with van der Waals surface area (Å²) in [6.07, 6.45) is 5.82. The number of benzene rings is 3. The van der Waals surface area contributed by atoms with Crippen molar-refractivity contribution in [3.8, 4) is 22.4 Å². The molecule has 6 heteroatoms. The lowest BCUT2D eigenvalue weighted by Gasteiger charge is -2.28. The number of ether oxygens (including phenoxy) is 1. The fourth-order valence-electron chi connectivity index (χ4n) is 6.40. The van der Waals surface area contributed by atoms with Crippen LogP contribution < -0.4 is 0 Å². The number of fused-ring (bicyclic) bond motifs is 1. The highest BCUT2D eigenvalue weighted by Gasteiger charge is 2.29. The molecule has 1 aliphatic heterocycles. The van der Waals surface area contributed by atoms with Crippen molar-refractivity contribution in [2.24, 2.45) is 0 Å². The molecule has 1 aliphatic carbocycles. The van der Waals surface area contributed by atoms with Crippen molar-refractivity contribution in [2.45, 2.75) is 51.5 Å². The van der Waals surface area contributed by atoms with Crippen molar-refractivity contribution in [3.05, 3.63) is 83.4 Å². The van der Waals surface area contributed by atoms with Crippen LogP contribution in [0.1, 0.15) is 59.5 Å². The van der Waals surface area contributed by atoms with Crippen LogP contribution in [0.2, 0.25) is 0 Å². The molecule has 2 aliphatic rings. The van der Waals surface area contributed by atoms with Gasteiger partial charge in [-0.1, -0.05) is 79.4 Å². The lowest BCUT2D eigenvalue weighted by atomic mass is 9.81. The van der Waals surface area contributed by atoms with Crippen LogP contribution in [0.25, 0.3) is 33.3 Å². The highest BCUT2D eigenvalue weighted by molar-refractivity contribution is 5.99. The molecule has 4 aromatic rings. The highest BCUT2D eigenvalue weighted by atomic mass is 16.5. The number of nitrogens with zero attached hydrogens (tertiary/aromatic N) is 2. The minimum Gasteiger partial charge on any atom is -0.478 e. The van der Waals surface area contributed by atoms with Gasteiger partial charge in [0.2, 0.25) is 5.91 Å². The summed E-state index contributed by atoms with van der Waals surface area (Å²) in [6.45, 7) is 4.50. The van der Waals surface area contributed by atoms with Crippen molar-refractivity contribution >= 4 is 22.8 Å². The summed E-state index contributed by atoms with van der Waals surface area (Å²) < 4.78 is 7.56. The summed E-state index contributed by atoms with van der Waals surface area (Å²) in [5.41, 5.74) is 7.95. The predicted octanol–water partition coefficient (Wildman–Crippen LogP) is 6.89. The van der Waals surface area contributed by atoms with Crippen LogP contribution in [0.15, 0.2) is 66.7 Å². The Morgan fingerprint density at radius 3 is 2.12 bits per heavy atom. The molecule has 0 unspecified atom stereocenters. The monoisotopic (exact) mass is 536 g/mol. The van der Waals surface area contributed by atoms with Gasteiger partial charge in [-0.3, -0.25) is 4.79 Å². The van der Waals surface area contributed by atoms with Crippen LogP contribution in [0, 0.1) is 6.92 Å². The van der Waals surface area contributed by atoms with Gasteiger partial charge in [0, 0.05) is 18.5 Å². The zero-order valence-corrected chi connectivity index (χ0v) is 23.1. The SMILES string of the molecule is Cc1ccc(-c2ccc(-c3c(C4CCCCC4)c4ccc(C(=O)O)cc4n3CC(=O)N3CCOCC3)cc2)cc1. The van der Waals surface area contributed by atoms with Crippen LogP contribution in [0.3, 0.4) is 0 Å². The van der Waals surface area contributed by atoms with Crippen LogP contribution in [0.4, 0.5) is 0 Å². The van der Waals surface area contributed by atoms with E-state index in [0.29, 0.717) is 32.2 Å². The molecule has 206 valence electrons. The molecule has 1 N–H and O–H groups in total. The summed E-state index contributed by atoms with van der Waals surface area (Å²) in [7, 11) is 0. The van der Waals surface area contributed by atoms with E-state index in [1.54, 1.807) is 12.1 Å². The summed E-state index contributed by atoms with van der Waals surface area (Å²) in [4.78, 5) is 27.4. The average Bonchev–Trinajstić information content (AvgIpc) is 3.31. The number of aromatic carboxylic acids is 1. The number of hydrogen-bond acceptors (Lipinski definition) is 3. The standard InChI is InChI=1S/C34H36N2O4/c1-23-7-9-24(10-8-23)25-11-13-27(14-12-25)33-32(26-5-3-2-4-6-26)29-16-15-28(34(38)39)21-30(29)36(33)22-31(37)35-17-19-40-20-18-35/h7-16,21,26H,2-6,17-20,22H2,1H3,(H,38,39). The topological polar surface area (TPSA) is 71.8 Å². The first-order valence-electron chi connectivity index (χ1n) is 14.4. The fourth-order valence-corrected chi connectivity index (χ4v) is 6.40. The molecule has 0 bridgehead atoms. The van der Waals surface area contributed by atoms with Crippen molar-refractivity contribution in [2.75, 3.05) is 26.3 Å². The van der Waals surface area contributed by atoms with Gasteiger partial charge in [-0.15, -0.1) is 0 Å². The van der Waals surface area contributed by atoms with Crippen molar-refractivity contribution in [1.82, 2.24) is 9.47 Å². The lowest BCUT2D eigenvalue weighted by molar-refractivity contribution is -0.135. The summed E-state index contributed by atoms with van der Waals surface area (Å²) in [5.74, 6) is -0.551. The van der Waals surface area contributed by atoms with E-state index in [2.05, 4.69) is 60.0 Å². The van der Waals surface area contributed by atoms with E-state index >= 15 is 0 Å². The number of hydrogen-bond donors (Lipinski definition) is 1. The minimum atomic E-state index is -0.961. The van der Waals surface area contributed by atoms with Crippen LogP contribution in [-0.2, 0) is 16.1 Å². The van der Waals surface area contributed by atoms with Gasteiger partial charge in [0.25, 0.3) is 0 Å². The molecule has 6 nitrogen and oxygen atoms in total. The van der Waals surface area contributed by atoms with Gasteiger partial charge in [0.1, 0.15) is 6.54 Å². The van der Waals surface area contributed by atoms with E-state index in [9.17, 15) is 14.7 Å². The Hall–Kier alpha value is -3.90. The van der Waals surface area contributed by atoms with E-state index < -0.39 is 5.97 Å². The third-order valence-corrected chi connectivity index (χ3v) is 8.56. The second kappa shape index (κ2) is 11.3. The van der Waals surface area contributed by atoms with E-state index in [4.69, 9.17) is 4.74 Å². The molecule has 0 atom stereocenters. The van der Waals surface area contributed by atoms with Gasteiger partial charge in [0.05, 0.1) is 30.0 Å². The van der Waals surface area contributed by atoms with Crippen LogP contribution in [-0.4, -0.2) is 52.8 Å². The number of carbonyl (C=O) groups excluding carboxylic acids is 1. The summed E-state index contributed by atoms with van der Waals surface area (Å²) >= 11 is 0. The summed E-state index contributed by atoms with van der Waals surface area (Å²) in [5, 5.41) is 10.9. The van der Waals surface area contributed by atoms with Gasteiger partial charge in [-0.05, 0) is 60.1 Å². The fraction of sp³-hybridized carbons (Fsp3) is 0.353. The molecule has 0 radical (unpaired) electrons. The maximum Gasteiger partial charge on any atom is 0.335 e. The van der Waals surface area contributed by atoms with E-state index in [1.165, 1.54) is 36.0 Å². The molecule has 1 saturated carbocycles. The Labute approximate surface area is 235 Å². The number of carboxylic acids is 1. The number of aryl methyl sites for hydroxylation is 1. The summed E-state index contributed by atoms with van der Waals surface area (Å²) in [6, 6.07) is 22.6. The molecule has 1 saturated heterocycles. The second-order valence-electron chi connectivity index (χ2n) is 11.2. The zero-order chi connectivity index (χ0) is 27.6. The molecular formula is C34H36N2O4. The third kappa shape index (κ3) is 5.16. The predicted molar refractivity (Wildman–Crippen MR) is 158 cm³/mol. The Morgan fingerprint density at radius 2 is 1.48 bits per heavy atom. The van der Waals surface area contributed by atoms with Crippen molar-refractivity contribution in [1.29, 1.82) is 0 Å². The quantitative estimate of drug-likeness (QED) is 0.291. The largest absolute Gasteiger partial charge is 0.478 e. The highest BCUT2D eigenvalue weighted by Crippen LogP contribution is 2.44. The van der Waals surface area contributed by atoms with Crippen LogP contribution in [0.5, 0.6) is 0 Å². The molecule has 1 aromatic heterocycles. The van der Waals surface area contributed by atoms with Gasteiger partial charge >= 0.3 is 5.97 Å². The molecule has 2 heterocycles. The van der Waals surface area contributed by atoms with E-state index in [0.717, 1.165) is 40.6 Å². The minimum absolute atomic E-state index is 0.0358. The number of carbonyl (C=O) groups is 2. The van der Waals surface area contributed by atoms with Gasteiger partial charge in [-0.2, -0.15) is 0 Å². The van der Waals surface area contributed by atoms with Gasteiger partial charge in [-0.25, -0.2) is 4.79 Å². The lowest BCUT2D eigenvalue weighted by Crippen LogP contribution is -2.42. The molecule has 6 rings (SSSR count).